The SMILES string of the molecule is Cc1ccc(CN2C(=O)C(=Cc3c(N4CC(C)CC(C)C4)nc4c(C)cccn4c3=O)SC2=S)cc1. The van der Waals surface area contributed by atoms with Crippen molar-refractivity contribution in [2.75, 3.05) is 18.0 Å². The number of hydrogen-bond acceptors (Lipinski definition) is 6. The molecule has 0 spiro atoms. The van der Waals surface area contributed by atoms with Crippen LogP contribution in [-0.2, 0) is 11.3 Å². The number of aryl methyl sites for hydroxylation is 2. The van der Waals surface area contributed by atoms with Gasteiger partial charge in [0.15, 0.2) is 0 Å². The van der Waals surface area contributed by atoms with Crippen molar-refractivity contribution in [3.63, 3.8) is 0 Å². The highest BCUT2D eigenvalue weighted by atomic mass is 32.2. The van der Waals surface area contributed by atoms with Crippen molar-refractivity contribution in [3.8, 4) is 0 Å². The number of nitrogens with zero attached hydrogens (tertiary/aromatic N) is 4. The molecule has 0 aliphatic carbocycles. The van der Waals surface area contributed by atoms with Crippen molar-refractivity contribution in [1.29, 1.82) is 0 Å². The van der Waals surface area contributed by atoms with Gasteiger partial charge in [0.2, 0.25) is 0 Å². The summed E-state index contributed by atoms with van der Waals surface area (Å²) in [7, 11) is 0. The van der Waals surface area contributed by atoms with Crippen molar-refractivity contribution in [3.05, 3.63) is 80.1 Å². The van der Waals surface area contributed by atoms with Crippen LogP contribution < -0.4 is 10.5 Å². The molecular formula is C28H30N4O2S2. The normalized spacial score (nSPS) is 21.7. The van der Waals surface area contributed by atoms with Crippen LogP contribution in [0.3, 0.4) is 0 Å². The average molecular weight is 519 g/mol. The lowest BCUT2D eigenvalue weighted by Gasteiger charge is -2.36. The highest BCUT2D eigenvalue weighted by Gasteiger charge is 2.33. The van der Waals surface area contributed by atoms with Gasteiger partial charge >= 0.3 is 0 Å². The molecule has 2 atom stereocenters. The number of anilines is 1. The molecule has 0 saturated carbocycles. The molecule has 5 rings (SSSR count). The minimum absolute atomic E-state index is 0.173. The number of rotatable bonds is 4. The summed E-state index contributed by atoms with van der Waals surface area (Å²) in [5.74, 6) is 1.46. The molecule has 3 aromatic rings. The third-order valence-electron chi connectivity index (χ3n) is 6.84. The number of benzene rings is 1. The Morgan fingerprint density at radius 3 is 2.47 bits per heavy atom. The predicted molar refractivity (Wildman–Crippen MR) is 151 cm³/mol. The third-order valence-corrected chi connectivity index (χ3v) is 8.22. The predicted octanol–water partition coefficient (Wildman–Crippen LogP) is 5.20. The number of pyridine rings is 1. The van der Waals surface area contributed by atoms with Crippen LogP contribution in [0.1, 0.15) is 42.5 Å². The van der Waals surface area contributed by atoms with Gasteiger partial charge in [-0.1, -0.05) is 73.7 Å². The van der Waals surface area contributed by atoms with Gasteiger partial charge in [-0.3, -0.25) is 18.9 Å². The minimum atomic E-state index is -0.175. The number of thioether (sulfide) groups is 1. The van der Waals surface area contributed by atoms with Crippen molar-refractivity contribution in [2.24, 2.45) is 11.8 Å². The van der Waals surface area contributed by atoms with E-state index in [0.29, 0.717) is 44.6 Å². The van der Waals surface area contributed by atoms with E-state index >= 15 is 0 Å². The number of thiocarbonyl (C=S) groups is 1. The zero-order chi connectivity index (χ0) is 25.6. The second-order valence-corrected chi connectivity index (χ2v) is 11.8. The van der Waals surface area contributed by atoms with Crippen molar-refractivity contribution in [2.45, 2.75) is 40.7 Å². The fourth-order valence-corrected chi connectivity index (χ4v) is 6.38. The van der Waals surface area contributed by atoms with Gasteiger partial charge in [0, 0.05) is 19.3 Å². The maximum atomic E-state index is 13.8. The monoisotopic (exact) mass is 518 g/mol. The fourth-order valence-electron chi connectivity index (χ4n) is 5.15. The fraction of sp³-hybridized carbons (Fsp3) is 0.357. The Bertz CT molecular complexity index is 1430. The molecule has 8 heteroatoms. The smallest absolute Gasteiger partial charge is 0.267 e. The molecule has 2 aliphatic heterocycles. The van der Waals surface area contributed by atoms with Crippen LogP contribution in [0.4, 0.5) is 5.82 Å². The Labute approximate surface area is 221 Å². The number of amides is 1. The maximum absolute atomic E-state index is 13.8. The topological polar surface area (TPSA) is 57.9 Å². The van der Waals surface area contributed by atoms with Gasteiger partial charge in [-0.2, -0.15) is 0 Å². The number of hydrogen-bond donors (Lipinski definition) is 0. The Kier molecular flexibility index (Phi) is 6.74. The molecule has 1 aromatic carbocycles. The van der Waals surface area contributed by atoms with E-state index in [1.54, 1.807) is 21.6 Å². The Morgan fingerprint density at radius 2 is 1.78 bits per heavy atom. The summed E-state index contributed by atoms with van der Waals surface area (Å²) in [6, 6.07) is 11.9. The molecule has 1 amide bonds. The lowest BCUT2D eigenvalue weighted by Crippen LogP contribution is -2.40. The lowest BCUT2D eigenvalue weighted by molar-refractivity contribution is -0.122. The molecule has 6 nitrogen and oxygen atoms in total. The van der Waals surface area contributed by atoms with Crippen LogP contribution in [0.5, 0.6) is 0 Å². The molecule has 2 aromatic heterocycles. The van der Waals surface area contributed by atoms with Crippen LogP contribution in [0.15, 0.2) is 52.3 Å². The molecule has 2 saturated heterocycles. The Morgan fingerprint density at radius 1 is 1.08 bits per heavy atom. The van der Waals surface area contributed by atoms with Gasteiger partial charge in [-0.15, -0.1) is 0 Å². The van der Waals surface area contributed by atoms with E-state index in [2.05, 4.69) is 18.7 Å². The van der Waals surface area contributed by atoms with Gasteiger partial charge in [-0.25, -0.2) is 4.98 Å². The first-order valence-corrected chi connectivity index (χ1v) is 13.5. The molecule has 0 N–H and O–H groups in total. The molecule has 0 bridgehead atoms. The van der Waals surface area contributed by atoms with Crippen LogP contribution in [0, 0.1) is 25.7 Å². The molecule has 4 heterocycles. The summed E-state index contributed by atoms with van der Waals surface area (Å²) in [6.45, 7) is 10.5. The number of fused-ring (bicyclic) bond motifs is 1. The Hall–Kier alpha value is -2.97. The van der Waals surface area contributed by atoms with E-state index in [-0.39, 0.29) is 11.5 Å². The largest absolute Gasteiger partial charge is 0.355 e. The summed E-state index contributed by atoms with van der Waals surface area (Å²) in [5.41, 5.74) is 4.02. The van der Waals surface area contributed by atoms with Gasteiger partial charge in [-0.05, 0) is 55.4 Å². The quantitative estimate of drug-likeness (QED) is 0.350. The minimum Gasteiger partial charge on any atom is -0.355 e. The van der Waals surface area contributed by atoms with Gasteiger partial charge in [0.25, 0.3) is 11.5 Å². The standard InChI is InChI=1S/C28H30N4O2S2/c1-17-7-9-21(10-8-17)16-32-27(34)23(36-28(32)35)13-22-25(30-14-18(2)12-19(3)15-30)29-24-20(4)6-5-11-31(24)26(22)33/h5-11,13,18-19H,12,14-16H2,1-4H3. The number of carbonyl (C=O) groups excluding carboxylic acids is 1. The third kappa shape index (κ3) is 4.72. The molecule has 186 valence electrons. The lowest BCUT2D eigenvalue weighted by atomic mass is 9.91. The summed E-state index contributed by atoms with van der Waals surface area (Å²) >= 11 is 6.82. The number of aromatic nitrogens is 2. The molecule has 2 fully saturated rings. The van der Waals surface area contributed by atoms with Crippen LogP contribution in [0.2, 0.25) is 0 Å². The molecular weight excluding hydrogens is 488 g/mol. The van der Waals surface area contributed by atoms with Gasteiger partial charge in [0.05, 0.1) is 17.0 Å². The number of piperidine rings is 1. The van der Waals surface area contributed by atoms with E-state index in [1.165, 1.54) is 11.8 Å². The second-order valence-electron chi connectivity index (χ2n) is 10.1. The summed E-state index contributed by atoms with van der Waals surface area (Å²) in [4.78, 5) is 36.5. The summed E-state index contributed by atoms with van der Waals surface area (Å²) < 4.78 is 2.08. The zero-order valence-corrected chi connectivity index (χ0v) is 22.7. The van der Waals surface area contributed by atoms with Crippen LogP contribution in [0.25, 0.3) is 11.7 Å². The van der Waals surface area contributed by atoms with E-state index in [0.717, 1.165) is 36.2 Å². The molecule has 2 aliphatic rings. The highest BCUT2D eigenvalue weighted by molar-refractivity contribution is 8.26. The first-order valence-electron chi connectivity index (χ1n) is 12.3. The molecule has 2 unspecified atom stereocenters. The first kappa shape index (κ1) is 24.7. The van der Waals surface area contributed by atoms with E-state index in [9.17, 15) is 9.59 Å². The molecule has 36 heavy (non-hydrogen) atoms. The van der Waals surface area contributed by atoms with Crippen molar-refractivity contribution >= 4 is 51.7 Å². The van der Waals surface area contributed by atoms with E-state index in [1.807, 2.05) is 50.2 Å². The highest BCUT2D eigenvalue weighted by Crippen LogP contribution is 2.35. The number of carbonyl (C=O) groups is 1. The van der Waals surface area contributed by atoms with Crippen molar-refractivity contribution in [1.82, 2.24) is 14.3 Å². The van der Waals surface area contributed by atoms with E-state index in [4.69, 9.17) is 17.2 Å². The van der Waals surface area contributed by atoms with Crippen LogP contribution in [-0.4, -0.2) is 37.6 Å². The first-order chi connectivity index (χ1) is 17.2. The Balaban J connectivity index is 1.58. The van der Waals surface area contributed by atoms with Crippen molar-refractivity contribution < 1.29 is 4.79 Å². The van der Waals surface area contributed by atoms with Gasteiger partial charge < -0.3 is 4.90 Å². The zero-order valence-electron chi connectivity index (χ0n) is 21.0. The summed E-state index contributed by atoms with van der Waals surface area (Å²) in [6.07, 6.45) is 4.59. The molecule has 0 radical (unpaired) electrons. The van der Waals surface area contributed by atoms with E-state index < -0.39 is 0 Å². The maximum Gasteiger partial charge on any atom is 0.267 e. The van der Waals surface area contributed by atoms with Crippen LogP contribution >= 0.6 is 24.0 Å². The average Bonchev–Trinajstić information content (AvgIpc) is 3.09. The van der Waals surface area contributed by atoms with Gasteiger partial charge in [0.1, 0.15) is 15.8 Å². The second kappa shape index (κ2) is 9.82. The summed E-state index contributed by atoms with van der Waals surface area (Å²) in [5, 5.41) is 0.